The molecule has 1 saturated carbocycles. The van der Waals surface area contributed by atoms with Crippen molar-refractivity contribution < 1.29 is 9.53 Å². The highest BCUT2D eigenvalue weighted by Gasteiger charge is 2.15. The highest BCUT2D eigenvalue weighted by atomic mass is 16.5. The second-order valence-electron chi connectivity index (χ2n) is 8.20. The molecule has 4 rings (SSSR count). The van der Waals surface area contributed by atoms with E-state index in [0.29, 0.717) is 18.2 Å². The number of hydrogen-bond donors (Lipinski definition) is 2. The molecular formula is C26H31N3O2. The highest BCUT2D eigenvalue weighted by Crippen LogP contribution is 2.26. The molecule has 1 amide bonds. The molecule has 1 aromatic heterocycles. The van der Waals surface area contributed by atoms with Crippen molar-refractivity contribution >= 4 is 16.8 Å². The summed E-state index contributed by atoms with van der Waals surface area (Å²) in [5.74, 6) is 0.746. The predicted molar refractivity (Wildman–Crippen MR) is 126 cm³/mol. The lowest BCUT2D eigenvalue weighted by molar-refractivity contribution is 0.0954. The van der Waals surface area contributed by atoms with Gasteiger partial charge in [0.1, 0.15) is 5.75 Å². The van der Waals surface area contributed by atoms with Crippen molar-refractivity contribution in [2.45, 2.75) is 44.6 Å². The molecule has 1 aliphatic carbocycles. The Bertz CT molecular complexity index is 1010. The lowest BCUT2D eigenvalue weighted by Crippen LogP contribution is -2.34. The quantitative estimate of drug-likeness (QED) is 0.509. The first-order valence-corrected chi connectivity index (χ1v) is 11.3. The van der Waals surface area contributed by atoms with Gasteiger partial charge in [0.15, 0.2) is 0 Å². The number of nitrogens with zero attached hydrogens (tertiary/aromatic N) is 1. The van der Waals surface area contributed by atoms with Crippen LogP contribution in [-0.2, 0) is 0 Å². The fourth-order valence-corrected chi connectivity index (χ4v) is 4.27. The van der Waals surface area contributed by atoms with Crippen LogP contribution in [-0.4, -0.2) is 37.1 Å². The number of carbonyl (C=O) groups excluding carboxylic acids is 1. The first-order chi connectivity index (χ1) is 15.2. The lowest BCUT2D eigenvalue weighted by Gasteiger charge is -2.22. The monoisotopic (exact) mass is 417 g/mol. The van der Waals surface area contributed by atoms with Crippen LogP contribution in [0, 0.1) is 0 Å². The number of methoxy groups -OCH3 is 1. The smallest absolute Gasteiger partial charge is 0.252 e. The number of para-hydroxylation sites is 1. The molecule has 1 fully saturated rings. The van der Waals surface area contributed by atoms with Gasteiger partial charge in [0, 0.05) is 23.5 Å². The summed E-state index contributed by atoms with van der Waals surface area (Å²) in [7, 11) is 1.65. The van der Waals surface area contributed by atoms with Crippen molar-refractivity contribution in [3.63, 3.8) is 0 Å². The molecule has 2 N–H and O–H groups in total. The van der Waals surface area contributed by atoms with Gasteiger partial charge in [-0.2, -0.15) is 0 Å². The Morgan fingerprint density at radius 2 is 1.81 bits per heavy atom. The number of carbonyl (C=O) groups is 1. The molecule has 1 aliphatic rings. The predicted octanol–water partition coefficient (Wildman–Crippen LogP) is 4.95. The largest absolute Gasteiger partial charge is 0.497 e. The number of benzene rings is 2. The number of rotatable bonds is 8. The minimum Gasteiger partial charge on any atom is -0.497 e. The Morgan fingerprint density at radius 1 is 1.03 bits per heavy atom. The minimum absolute atomic E-state index is 0.0500. The van der Waals surface area contributed by atoms with Gasteiger partial charge in [0.25, 0.3) is 5.91 Å². The number of pyridine rings is 1. The van der Waals surface area contributed by atoms with E-state index in [4.69, 9.17) is 9.72 Å². The maximum atomic E-state index is 13.0. The van der Waals surface area contributed by atoms with Crippen molar-refractivity contribution in [2.75, 3.05) is 20.2 Å². The van der Waals surface area contributed by atoms with Gasteiger partial charge in [-0.1, -0.05) is 37.5 Å². The number of aromatic nitrogens is 1. The van der Waals surface area contributed by atoms with E-state index < -0.39 is 0 Å². The summed E-state index contributed by atoms with van der Waals surface area (Å²) in [4.78, 5) is 17.8. The van der Waals surface area contributed by atoms with Crippen LogP contribution in [0.15, 0.2) is 54.6 Å². The van der Waals surface area contributed by atoms with Crippen LogP contribution in [0.2, 0.25) is 0 Å². The van der Waals surface area contributed by atoms with Gasteiger partial charge in [-0.25, -0.2) is 4.98 Å². The summed E-state index contributed by atoms with van der Waals surface area (Å²) in [6.45, 7) is 1.60. The molecule has 0 unspecified atom stereocenters. The van der Waals surface area contributed by atoms with Crippen LogP contribution in [0.4, 0.5) is 0 Å². The first-order valence-electron chi connectivity index (χ1n) is 11.3. The fraction of sp³-hybridized carbons (Fsp3) is 0.385. The van der Waals surface area contributed by atoms with Crippen LogP contribution in [0.1, 0.15) is 48.9 Å². The molecule has 0 radical (unpaired) electrons. The van der Waals surface area contributed by atoms with E-state index in [-0.39, 0.29) is 5.91 Å². The Kier molecular flexibility index (Phi) is 7.15. The standard InChI is InChI=1S/C26H31N3O2/c1-31-21-14-12-19(13-15-21)25-18-23(22-10-5-6-11-24(22)29-25)26(30)28-17-7-16-27-20-8-3-2-4-9-20/h5-6,10-15,18,20,27H,2-4,7-9,16-17H2,1H3,(H,28,30). The number of nitrogens with one attached hydrogen (secondary N) is 2. The Labute approximate surface area is 184 Å². The molecular weight excluding hydrogens is 386 g/mol. The van der Waals surface area contributed by atoms with Crippen LogP contribution in [0.5, 0.6) is 5.75 Å². The van der Waals surface area contributed by atoms with Crippen molar-refractivity contribution in [1.82, 2.24) is 15.6 Å². The zero-order valence-electron chi connectivity index (χ0n) is 18.2. The number of hydrogen-bond acceptors (Lipinski definition) is 4. The van der Waals surface area contributed by atoms with E-state index in [2.05, 4.69) is 10.6 Å². The summed E-state index contributed by atoms with van der Waals surface area (Å²) in [6, 6.07) is 18.1. The van der Waals surface area contributed by atoms with Crippen LogP contribution in [0.3, 0.4) is 0 Å². The van der Waals surface area contributed by atoms with Gasteiger partial charge in [-0.15, -0.1) is 0 Å². The number of ether oxygens (including phenoxy) is 1. The zero-order chi connectivity index (χ0) is 21.5. The molecule has 3 aromatic rings. The molecule has 162 valence electrons. The SMILES string of the molecule is COc1ccc(-c2cc(C(=O)NCCCNC3CCCCC3)c3ccccc3n2)cc1. The summed E-state index contributed by atoms with van der Waals surface area (Å²) in [5.41, 5.74) is 3.22. The minimum atomic E-state index is -0.0500. The zero-order valence-corrected chi connectivity index (χ0v) is 18.2. The van der Waals surface area contributed by atoms with Gasteiger partial charge in [-0.05, 0) is 62.2 Å². The van der Waals surface area contributed by atoms with E-state index in [0.717, 1.165) is 40.9 Å². The molecule has 0 bridgehead atoms. The van der Waals surface area contributed by atoms with Gasteiger partial charge in [-0.3, -0.25) is 4.79 Å². The molecule has 0 atom stereocenters. The van der Waals surface area contributed by atoms with E-state index in [9.17, 15) is 4.79 Å². The third-order valence-corrected chi connectivity index (χ3v) is 6.02. The number of amides is 1. The van der Waals surface area contributed by atoms with Crippen LogP contribution in [0.25, 0.3) is 22.2 Å². The normalized spacial score (nSPS) is 14.5. The summed E-state index contributed by atoms with van der Waals surface area (Å²) in [6.07, 6.45) is 7.52. The summed E-state index contributed by atoms with van der Waals surface area (Å²) in [5, 5.41) is 7.60. The Hall–Kier alpha value is -2.92. The molecule has 5 heteroatoms. The summed E-state index contributed by atoms with van der Waals surface area (Å²) >= 11 is 0. The topological polar surface area (TPSA) is 63.2 Å². The average Bonchev–Trinajstić information content (AvgIpc) is 2.83. The second kappa shape index (κ2) is 10.4. The van der Waals surface area contributed by atoms with E-state index >= 15 is 0 Å². The van der Waals surface area contributed by atoms with E-state index in [1.54, 1.807) is 7.11 Å². The second-order valence-corrected chi connectivity index (χ2v) is 8.20. The number of fused-ring (bicyclic) bond motifs is 1. The Morgan fingerprint density at radius 3 is 2.58 bits per heavy atom. The van der Waals surface area contributed by atoms with Gasteiger partial charge in [0.05, 0.1) is 23.9 Å². The van der Waals surface area contributed by atoms with Crippen LogP contribution < -0.4 is 15.4 Å². The molecule has 5 nitrogen and oxygen atoms in total. The van der Waals surface area contributed by atoms with Gasteiger partial charge < -0.3 is 15.4 Å². The van der Waals surface area contributed by atoms with Crippen molar-refractivity contribution in [3.05, 3.63) is 60.2 Å². The van der Waals surface area contributed by atoms with Gasteiger partial charge >= 0.3 is 0 Å². The average molecular weight is 418 g/mol. The van der Waals surface area contributed by atoms with Gasteiger partial charge in [0.2, 0.25) is 0 Å². The molecule has 0 spiro atoms. The van der Waals surface area contributed by atoms with E-state index in [1.807, 2.05) is 54.6 Å². The van der Waals surface area contributed by atoms with E-state index in [1.165, 1.54) is 32.1 Å². The maximum absolute atomic E-state index is 13.0. The Balaban J connectivity index is 1.44. The molecule has 2 aromatic carbocycles. The molecule has 0 aliphatic heterocycles. The lowest BCUT2D eigenvalue weighted by atomic mass is 9.95. The molecule has 1 heterocycles. The first kappa shape index (κ1) is 21.3. The highest BCUT2D eigenvalue weighted by molar-refractivity contribution is 6.07. The van der Waals surface area contributed by atoms with Crippen LogP contribution >= 0.6 is 0 Å². The third-order valence-electron chi connectivity index (χ3n) is 6.02. The molecule has 0 saturated heterocycles. The van der Waals surface area contributed by atoms with Crippen molar-refractivity contribution in [3.8, 4) is 17.0 Å². The van der Waals surface area contributed by atoms with Crippen molar-refractivity contribution in [1.29, 1.82) is 0 Å². The van der Waals surface area contributed by atoms with Crippen molar-refractivity contribution in [2.24, 2.45) is 0 Å². The maximum Gasteiger partial charge on any atom is 0.252 e. The molecule has 31 heavy (non-hydrogen) atoms. The third kappa shape index (κ3) is 5.42. The fourth-order valence-electron chi connectivity index (χ4n) is 4.27. The summed E-state index contributed by atoms with van der Waals surface area (Å²) < 4.78 is 5.25.